The van der Waals surface area contributed by atoms with E-state index in [1.807, 2.05) is 48.5 Å². The first kappa shape index (κ1) is 21.3. The molecule has 0 atom stereocenters. The van der Waals surface area contributed by atoms with E-state index >= 15 is 0 Å². The average molecular weight is 478 g/mol. The number of methoxy groups -OCH3 is 1. The summed E-state index contributed by atoms with van der Waals surface area (Å²) in [6, 6.07) is 22.6. The molecule has 1 aliphatic heterocycles. The summed E-state index contributed by atoms with van der Waals surface area (Å²) in [7, 11) is 1.40. The standard InChI is InChI=1S/C26H24BrNO3/c1-30-24(29)15-16-28-25(18-8-3-2-4-9-18)21-11-6-5-10-19(21)20-13-14-23(27)26-22(20)12-7-17-31-26/h2-6,8-11,13-14H,7,12,15-17H2,1H3. The molecular weight excluding hydrogens is 454 g/mol. The van der Waals surface area contributed by atoms with E-state index in [0.717, 1.165) is 57.6 Å². The topological polar surface area (TPSA) is 47.9 Å². The van der Waals surface area contributed by atoms with Gasteiger partial charge in [-0.15, -0.1) is 0 Å². The maximum atomic E-state index is 11.6. The van der Waals surface area contributed by atoms with Crippen LogP contribution in [0.15, 0.2) is 76.2 Å². The van der Waals surface area contributed by atoms with Crippen LogP contribution in [0.3, 0.4) is 0 Å². The number of aliphatic imine (C=N–C) groups is 1. The second-order valence-corrected chi connectivity index (χ2v) is 8.18. The number of carbonyl (C=O) groups excluding carboxylic acids is 1. The summed E-state index contributed by atoms with van der Waals surface area (Å²) in [4.78, 5) is 16.5. The first-order valence-corrected chi connectivity index (χ1v) is 11.2. The lowest BCUT2D eigenvalue weighted by molar-refractivity contribution is -0.140. The number of hydrogen-bond acceptors (Lipinski definition) is 4. The van der Waals surface area contributed by atoms with Crippen LogP contribution in [0.5, 0.6) is 5.75 Å². The first-order valence-electron chi connectivity index (χ1n) is 10.4. The van der Waals surface area contributed by atoms with Gasteiger partial charge >= 0.3 is 5.97 Å². The molecule has 0 saturated carbocycles. The SMILES string of the molecule is COC(=O)CCN=C(c1ccccc1)c1ccccc1-c1ccc(Br)c2c1CCCO2. The molecule has 0 spiro atoms. The summed E-state index contributed by atoms with van der Waals surface area (Å²) in [6.07, 6.45) is 2.21. The third-order valence-electron chi connectivity index (χ3n) is 5.36. The zero-order valence-corrected chi connectivity index (χ0v) is 19.0. The lowest BCUT2D eigenvalue weighted by Crippen LogP contribution is -2.12. The normalized spacial score (nSPS) is 13.3. The van der Waals surface area contributed by atoms with Gasteiger partial charge in [0, 0.05) is 16.7 Å². The lowest BCUT2D eigenvalue weighted by atomic mass is 9.88. The van der Waals surface area contributed by atoms with Gasteiger partial charge in [-0.3, -0.25) is 9.79 Å². The van der Waals surface area contributed by atoms with Crippen LogP contribution in [0.25, 0.3) is 11.1 Å². The third kappa shape index (κ3) is 4.72. The van der Waals surface area contributed by atoms with Crippen molar-refractivity contribution in [3.8, 4) is 16.9 Å². The molecule has 5 heteroatoms. The largest absolute Gasteiger partial charge is 0.492 e. The molecule has 4 nitrogen and oxygen atoms in total. The monoisotopic (exact) mass is 477 g/mol. The Hall–Kier alpha value is -2.92. The van der Waals surface area contributed by atoms with Crippen LogP contribution in [0.2, 0.25) is 0 Å². The molecule has 0 saturated heterocycles. The molecule has 31 heavy (non-hydrogen) atoms. The Morgan fingerprint density at radius 2 is 1.81 bits per heavy atom. The zero-order valence-electron chi connectivity index (χ0n) is 17.4. The van der Waals surface area contributed by atoms with Gasteiger partial charge in [-0.05, 0) is 46.0 Å². The van der Waals surface area contributed by atoms with Crippen molar-refractivity contribution in [1.29, 1.82) is 0 Å². The van der Waals surface area contributed by atoms with E-state index in [1.54, 1.807) is 0 Å². The number of fused-ring (bicyclic) bond motifs is 1. The maximum Gasteiger partial charge on any atom is 0.307 e. The van der Waals surface area contributed by atoms with Gasteiger partial charge in [-0.25, -0.2) is 0 Å². The predicted octanol–water partition coefficient (Wildman–Crippen LogP) is 5.84. The number of carbonyl (C=O) groups is 1. The van der Waals surface area contributed by atoms with E-state index < -0.39 is 0 Å². The Morgan fingerprint density at radius 1 is 1.03 bits per heavy atom. The Morgan fingerprint density at radius 3 is 2.61 bits per heavy atom. The predicted molar refractivity (Wildman–Crippen MR) is 127 cm³/mol. The van der Waals surface area contributed by atoms with Crippen molar-refractivity contribution in [2.45, 2.75) is 19.3 Å². The number of ether oxygens (including phenoxy) is 2. The molecule has 4 rings (SSSR count). The van der Waals surface area contributed by atoms with Gasteiger partial charge in [0.25, 0.3) is 0 Å². The maximum absolute atomic E-state index is 11.6. The van der Waals surface area contributed by atoms with Crippen molar-refractivity contribution in [1.82, 2.24) is 0 Å². The highest BCUT2D eigenvalue weighted by atomic mass is 79.9. The highest BCUT2D eigenvalue weighted by Gasteiger charge is 2.21. The van der Waals surface area contributed by atoms with Crippen molar-refractivity contribution in [2.75, 3.05) is 20.3 Å². The van der Waals surface area contributed by atoms with Gasteiger partial charge in [0.2, 0.25) is 0 Å². The van der Waals surface area contributed by atoms with Crippen molar-refractivity contribution < 1.29 is 14.3 Å². The fourth-order valence-corrected chi connectivity index (χ4v) is 4.38. The van der Waals surface area contributed by atoms with Gasteiger partial charge in [0.05, 0.1) is 36.9 Å². The molecule has 158 valence electrons. The van der Waals surface area contributed by atoms with Crippen LogP contribution in [0.4, 0.5) is 0 Å². The van der Waals surface area contributed by atoms with Crippen LogP contribution in [-0.4, -0.2) is 31.9 Å². The molecule has 0 fully saturated rings. The Balaban J connectivity index is 1.84. The molecule has 0 radical (unpaired) electrons. The minimum atomic E-state index is -0.261. The Kier molecular flexibility index (Phi) is 6.82. The summed E-state index contributed by atoms with van der Waals surface area (Å²) in [5.74, 6) is 0.672. The number of rotatable bonds is 6. The molecule has 0 bridgehead atoms. The first-order chi connectivity index (χ1) is 15.2. The Labute approximate surface area is 191 Å². The fourth-order valence-electron chi connectivity index (χ4n) is 3.89. The summed E-state index contributed by atoms with van der Waals surface area (Å²) < 4.78 is 11.7. The van der Waals surface area contributed by atoms with Gasteiger partial charge in [0.15, 0.2) is 0 Å². The van der Waals surface area contributed by atoms with Crippen LogP contribution in [0, 0.1) is 0 Å². The van der Waals surface area contributed by atoms with E-state index in [0.29, 0.717) is 6.54 Å². The molecule has 0 unspecified atom stereocenters. The van der Waals surface area contributed by atoms with Crippen molar-refractivity contribution in [2.24, 2.45) is 4.99 Å². The van der Waals surface area contributed by atoms with Gasteiger partial charge < -0.3 is 9.47 Å². The second kappa shape index (κ2) is 9.92. The molecule has 0 amide bonds. The number of esters is 1. The highest BCUT2D eigenvalue weighted by Crippen LogP contribution is 2.41. The van der Waals surface area contributed by atoms with Crippen molar-refractivity contribution >= 4 is 27.6 Å². The number of hydrogen-bond donors (Lipinski definition) is 0. The van der Waals surface area contributed by atoms with Crippen LogP contribution < -0.4 is 4.74 Å². The molecule has 0 aliphatic carbocycles. The molecule has 3 aromatic rings. The number of halogens is 1. The summed E-state index contributed by atoms with van der Waals surface area (Å²) in [5.41, 5.74) is 6.40. The molecule has 1 aliphatic rings. The third-order valence-corrected chi connectivity index (χ3v) is 5.99. The number of benzene rings is 3. The quantitative estimate of drug-likeness (QED) is 0.330. The van der Waals surface area contributed by atoms with E-state index in [9.17, 15) is 4.79 Å². The van der Waals surface area contributed by atoms with Crippen LogP contribution >= 0.6 is 15.9 Å². The molecular formula is C26H24BrNO3. The second-order valence-electron chi connectivity index (χ2n) is 7.32. The van der Waals surface area contributed by atoms with Crippen molar-refractivity contribution in [3.63, 3.8) is 0 Å². The van der Waals surface area contributed by atoms with Crippen LogP contribution in [-0.2, 0) is 16.0 Å². The van der Waals surface area contributed by atoms with Gasteiger partial charge in [0.1, 0.15) is 5.75 Å². The lowest BCUT2D eigenvalue weighted by Gasteiger charge is -2.23. The highest BCUT2D eigenvalue weighted by molar-refractivity contribution is 9.10. The minimum absolute atomic E-state index is 0.247. The Bertz CT molecular complexity index is 1110. The molecule has 1 heterocycles. The molecule has 3 aromatic carbocycles. The summed E-state index contributed by atoms with van der Waals surface area (Å²) in [5, 5.41) is 0. The smallest absolute Gasteiger partial charge is 0.307 e. The van der Waals surface area contributed by atoms with Gasteiger partial charge in [-0.2, -0.15) is 0 Å². The minimum Gasteiger partial charge on any atom is -0.492 e. The fraction of sp³-hybridized carbons (Fsp3) is 0.231. The van der Waals surface area contributed by atoms with Crippen molar-refractivity contribution in [3.05, 3.63) is 87.9 Å². The van der Waals surface area contributed by atoms with E-state index in [2.05, 4.69) is 34.1 Å². The summed E-state index contributed by atoms with van der Waals surface area (Å²) >= 11 is 3.63. The average Bonchev–Trinajstić information content (AvgIpc) is 2.83. The summed E-state index contributed by atoms with van der Waals surface area (Å²) in [6.45, 7) is 1.10. The van der Waals surface area contributed by atoms with Crippen LogP contribution in [0.1, 0.15) is 29.5 Å². The number of nitrogens with zero attached hydrogens (tertiary/aromatic N) is 1. The molecule has 0 N–H and O–H groups in total. The van der Waals surface area contributed by atoms with E-state index in [1.165, 1.54) is 12.7 Å². The zero-order chi connectivity index (χ0) is 21.6. The van der Waals surface area contributed by atoms with E-state index in [4.69, 9.17) is 14.5 Å². The van der Waals surface area contributed by atoms with Gasteiger partial charge in [-0.1, -0.05) is 60.7 Å². The van der Waals surface area contributed by atoms with E-state index in [-0.39, 0.29) is 12.4 Å². The molecule has 0 aromatic heterocycles.